The average Bonchev–Trinajstić information content (AvgIpc) is 2.85. The van der Waals surface area contributed by atoms with Gasteiger partial charge in [-0.3, -0.25) is 4.68 Å². The zero-order chi connectivity index (χ0) is 14.4. The maximum Gasteiger partial charge on any atom is 0.0522 e. The summed E-state index contributed by atoms with van der Waals surface area (Å²) < 4.78 is 1.85. The van der Waals surface area contributed by atoms with Gasteiger partial charge in [0.05, 0.1) is 6.20 Å². The average molecular weight is 272 g/mol. The molecule has 1 aromatic heterocycles. The van der Waals surface area contributed by atoms with Crippen molar-refractivity contribution >= 4 is 5.69 Å². The van der Waals surface area contributed by atoms with E-state index in [2.05, 4.69) is 47.4 Å². The summed E-state index contributed by atoms with van der Waals surface area (Å²) in [5, 5.41) is 4.22. The fraction of sp³-hybridized carbons (Fsp3) is 0.438. The van der Waals surface area contributed by atoms with Crippen LogP contribution < -0.4 is 10.6 Å². The minimum Gasteiger partial charge on any atom is -0.371 e. The molecule has 2 aromatic rings. The van der Waals surface area contributed by atoms with Crippen LogP contribution in [0.15, 0.2) is 36.7 Å². The van der Waals surface area contributed by atoms with Crippen molar-refractivity contribution in [3.05, 3.63) is 47.8 Å². The lowest BCUT2D eigenvalue weighted by Crippen LogP contribution is -2.28. The number of hydrogen-bond donors (Lipinski definition) is 1. The van der Waals surface area contributed by atoms with Crippen molar-refractivity contribution in [3.63, 3.8) is 0 Å². The molecule has 1 aromatic carbocycles. The monoisotopic (exact) mass is 272 g/mol. The van der Waals surface area contributed by atoms with E-state index in [-0.39, 0.29) is 0 Å². The van der Waals surface area contributed by atoms with Crippen LogP contribution in [0.25, 0.3) is 0 Å². The lowest BCUT2D eigenvalue weighted by Gasteiger charge is -2.25. The summed E-state index contributed by atoms with van der Waals surface area (Å²) in [6, 6.07) is 8.66. The maximum absolute atomic E-state index is 5.66. The Balaban J connectivity index is 2.03. The number of aryl methyl sites for hydroxylation is 2. The summed E-state index contributed by atoms with van der Waals surface area (Å²) in [6.07, 6.45) is 6.04. The lowest BCUT2D eigenvalue weighted by molar-refractivity contribution is 0.728. The van der Waals surface area contributed by atoms with Gasteiger partial charge >= 0.3 is 0 Å². The predicted molar refractivity (Wildman–Crippen MR) is 84.0 cm³/mol. The highest BCUT2D eigenvalue weighted by Gasteiger charge is 2.07. The first-order valence-electron chi connectivity index (χ1n) is 7.18. The number of benzene rings is 1. The number of rotatable bonds is 7. The molecule has 0 aliphatic rings. The van der Waals surface area contributed by atoms with Crippen molar-refractivity contribution in [2.45, 2.75) is 19.8 Å². The first kappa shape index (κ1) is 14.6. The Morgan fingerprint density at radius 3 is 2.80 bits per heavy atom. The van der Waals surface area contributed by atoms with Gasteiger partial charge in [0, 0.05) is 32.0 Å². The molecule has 0 unspecified atom stereocenters. The molecule has 0 fully saturated rings. The molecular formula is C16H24N4. The Labute approximate surface area is 121 Å². The normalized spacial score (nSPS) is 10.8. The Kier molecular flexibility index (Phi) is 5.18. The minimum absolute atomic E-state index is 0.731. The molecule has 1 heterocycles. The second-order valence-corrected chi connectivity index (χ2v) is 5.24. The van der Waals surface area contributed by atoms with Gasteiger partial charge in [-0.15, -0.1) is 0 Å². The van der Waals surface area contributed by atoms with E-state index in [1.807, 2.05) is 17.9 Å². The van der Waals surface area contributed by atoms with Crippen molar-refractivity contribution < 1.29 is 0 Å². The van der Waals surface area contributed by atoms with E-state index in [9.17, 15) is 0 Å². The van der Waals surface area contributed by atoms with Gasteiger partial charge in [-0.25, -0.2) is 0 Å². The van der Waals surface area contributed by atoms with Gasteiger partial charge in [0.25, 0.3) is 0 Å². The van der Waals surface area contributed by atoms with E-state index in [0.29, 0.717) is 0 Å². The largest absolute Gasteiger partial charge is 0.371 e. The molecule has 20 heavy (non-hydrogen) atoms. The highest BCUT2D eigenvalue weighted by Crippen LogP contribution is 2.17. The third-order valence-electron chi connectivity index (χ3n) is 3.43. The molecule has 0 radical (unpaired) electrons. The number of aromatic nitrogens is 2. The van der Waals surface area contributed by atoms with Crippen molar-refractivity contribution in [1.29, 1.82) is 0 Å². The quantitative estimate of drug-likeness (QED) is 0.840. The molecule has 2 rings (SSSR count). The second kappa shape index (κ2) is 7.10. The summed E-state index contributed by atoms with van der Waals surface area (Å²) in [4.78, 5) is 2.41. The number of anilines is 1. The van der Waals surface area contributed by atoms with Crippen molar-refractivity contribution in [2.24, 2.45) is 12.8 Å². The topological polar surface area (TPSA) is 47.1 Å². The van der Waals surface area contributed by atoms with E-state index in [1.54, 1.807) is 0 Å². The molecule has 4 nitrogen and oxygen atoms in total. The Morgan fingerprint density at radius 1 is 1.30 bits per heavy atom. The third-order valence-corrected chi connectivity index (χ3v) is 3.43. The van der Waals surface area contributed by atoms with Crippen LogP contribution in [0, 0.1) is 6.92 Å². The smallest absolute Gasteiger partial charge is 0.0522 e. The van der Waals surface area contributed by atoms with Crippen molar-refractivity contribution in [2.75, 3.05) is 24.5 Å². The van der Waals surface area contributed by atoms with Crippen molar-refractivity contribution in [3.8, 4) is 0 Å². The van der Waals surface area contributed by atoms with Crippen LogP contribution in [0.3, 0.4) is 0 Å². The fourth-order valence-electron chi connectivity index (χ4n) is 2.34. The number of nitrogens with zero attached hydrogens (tertiary/aromatic N) is 3. The minimum atomic E-state index is 0.731. The zero-order valence-corrected chi connectivity index (χ0v) is 12.4. The molecule has 0 atom stereocenters. The van der Waals surface area contributed by atoms with Crippen LogP contribution in [-0.4, -0.2) is 29.4 Å². The fourth-order valence-corrected chi connectivity index (χ4v) is 2.34. The van der Waals surface area contributed by atoms with Crippen LogP contribution in [0.4, 0.5) is 5.69 Å². The van der Waals surface area contributed by atoms with Crippen LogP contribution in [0.2, 0.25) is 0 Å². The summed E-state index contributed by atoms with van der Waals surface area (Å²) in [5.41, 5.74) is 9.50. The van der Waals surface area contributed by atoms with Gasteiger partial charge in [-0.1, -0.05) is 12.1 Å². The van der Waals surface area contributed by atoms with Crippen LogP contribution in [0.1, 0.15) is 17.5 Å². The predicted octanol–water partition coefficient (Wildman–Crippen LogP) is 2.13. The first-order valence-corrected chi connectivity index (χ1v) is 7.18. The molecule has 0 saturated heterocycles. The van der Waals surface area contributed by atoms with Crippen molar-refractivity contribution in [1.82, 2.24) is 9.78 Å². The Bertz CT molecular complexity index is 533. The highest BCUT2D eigenvalue weighted by atomic mass is 15.2. The SMILES string of the molecule is Cc1cccc(N(CCCN)CCc2cnn(C)c2)c1. The Hall–Kier alpha value is -1.81. The summed E-state index contributed by atoms with van der Waals surface area (Å²) in [7, 11) is 1.95. The first-order chi connectivity index (χ1) is 9.69. The van der Waals surface area contributed by atoms with Gasteiger partial charge in [0.2, 0.25) is 0 Å². The molecule has 108 valence electrons. The number of hydrogen-bond acceptors (Lipinski definition) is 3. The van der Waals surface area contributed by atoms with Crippen LogP contribution in [0.5, 0.6) is 0 Å². The lowest BCUT2D eigenvalue weighted by atomic mass is 10.1. The zero-order valence-electron chi connectivity index (χ0n) is 12.4. The van der Waals surface area contributed by atoms with Gasteiger partial charge in [0.15, 0.2) is 0 Å². The van der Waals surface area contributed by atoms with Crippen LogP contribution in [-0.2, 0) is 13.5 Å². The molecule has 0 aliphatic heterocycles. The standard InChI is InChI=1S/C16H24N4/c1-14-5-3-6-16(11-14)20(9-4-8-17)10-7-15-12-18-19(2)13-15/h3,5-6,11-13H,4,7-10,17H2,1-2H3. The van der Waals surface area contributed by atoms with Gasteiger partial charge in [-0.2, -0.15) is 5.10 Å². The number of nitrogens with two attached hydrogens (primary N) is 1. The van der Waals surface area contributed by atoms with Gasteiger partial charge < -0.3 is 10.6 Å². The van der Waals surface area contributed by atoms with E-state index in [0.717, 1.165) is 32.5 Å². The Morgan fingerprint density at radius 2 is 2.15 bits per heavy atom. The molecule has 0 spiro atoms. The van der Waals surface area contributed by atoms with E-state index in [1.165, 1.54) is 16.8 Å². The second-order valence-electron chi connectivity index (χ2n) is 5.24. The molecule has 0 aliphatic carbocycles. The van der Waals surface area contributed by atoms with E-state index >= 15 is 0 Å². The van der Waals surface area contributed by atoms with Gasteiger partial charge in [0.1, 0.15) is 0 Å². The third kappa shape index (κ3) is 4.10. The molecule has 4 heteroatoms. The summed E-state index contributed by atoms with van der Waals surface area (Å²) >= 11 is 0. The van der Waals surface area contributed by atoms with Crippen LogP contribution >= 0.6 is 0 Å². The summed E-state index contributed by atoms with van der Waals surface area (Å²) in [5.74, 6) is 0. The molecule has 0 bridgehead atoms. The molecule has 0 amide bonds. The van der Waals surface area contributed by atoms with E-state index in [4.69, 9.17) is 5.73 Å². The summed E-state index contributed by atoms with van der Waals surface area (Å²) in [6.45, 7) is 4.86. The highest BCUT2D eigenvalue weighted by molar-refractivity contribution is 5.48. The molecule has 0 saturated carbocycles. The molecule has 2 N–H and O–H groups in total. The van der Waals surface area contributed by atoms with Gasteiger partial charge in [-0.05, 0) is 49.6 Å². The van der Waals surface area contributed by atoms with E-state index < -0.39 is 0 Å². The molecular weight excluding hydrogens is 248 g/mol. The maximum atomic E-state index is 5.66.